The summed E-state index contributed by atoms with van der Waals surface area (Å²) in [7, 11) is 1.55. The number of hydrazone groups is 1. The Morgan fingerprint density at radius 2 is 1.74 bits per heavy atom. The van der Waals surface area contributed by atoms with Crippen molar-refractivity contribution < 1.29 is 28.7 Å². The highest BCUT2D eigenvalue weighted by Gasteiger charge is 2.11. The molecule has 0 fully saturated rings. The van der Waals surface area contributed by atoms with Gasteiger partial charge in [-0.1, -0.05) is 0 Å². The fourth-order valence-electron chi connectivity index (χ4n) is 2.59. The molecule has 1 N–H and O–H groups in total. The van der Waals surface area contributed by atoms with Crippen molar-refractivity contribution in [1.82, 2.24) is 5.43 Å². The molecule has 0 radical (unpaired) electrons. The van der Waals surface area contributed by atoms with Crippen molar-refractivity contribution in [3.63, 3.8) is 0 Å². The third-order valence-corrected chi connectivity index (χ3v) is 4.92. The highest BCUT2D eigenvalue weighted by atomic mass is 79.9. The third-order valence-electron chi connectivity index (χ3n) is 4.31. The van der Waals surface area contributed by atoms with Crippen molar-refractivity contribution >= 4 is 39.7 Å². The quantitative estimate of drug-likeness (QED) is 0.145. The van der Waals surface area contributed by atoms with Gasteiger partial charge in [-0.15, -0.1) is 0 Å². The van der Waals surface area contributed by atoms with Gasteiger partial charge in [0.2, 0.25) is 0 Å². The van der Waals surface area contributed by atoms with Crippen molar-refractivity contribution in [3.05, 3.63) is 92.4 Å². The normalized spacial score (nSPS) is 10.5. The first kappa shape index (κ1) is 24.4. The molecule has 0 aliphatic carbocycles. The SMILES string of the molecule is COc1ccc(OCC(=O)N/N=C/c2ccc(OC(=O)c3ccc([N+](=O)[O-])cc3)cc2)c(Br)c1. The molecule has 1 amide bonds. The third kappa shape index (κ3) is 6.87. The van der Waals surface area contributed by atoms with E-state index in [4.69, 9.17) is 14.2 Å². The second-order valence-corrected chi connectivity index (χ2v) is 7.50. The van der Waals surface area contributed by atoms with Gasteiger partial charge in [0, 0.05) is 12.1 Å². The van der Waals surface area contributed by atoms with E-state index in [1.54, 1.807) is 49.6 Å². The lowest BCUT2D eigenvalue weighted by molar-refractivity contribution is -0.384. The van der Waals surface area contributed by atoms with E-state index < -0.39 is 16.8 Å². The van der Waals surface area contributed by atoms with Gasteiger partial charge in [0.25, 0.3) is 11.6 Å². The molecule has 0 aliphatic heterocycles. The fourth-order valence-corrected chi connectivity index (χ4v) is 3.06. The predicted octanol–water partition coefficient (Wildman–Crippen LogP) is 4.11. The molecule has 0 bridgehead atoms. The summed E-state index contributed by atoms with van der Waals surface area (Å²) in [5.74, 6) is 0.321. The number of nitro groups is 1. The van der Waals surface area contributed by atoms with Crippen LogP contribution in [0.2, 0.25) is 0 Å². The number of nitrogens with zero attached hydrogens (tertiary/aromatic N) is 2. The molecule has 0 unspecified atom stereocenters. The molecule has 0 spiro atoms. The van der Waals surface area contributed by atoms with E-state index in [0.29, 0.717) is 21.5 Å². The van der Waals surface area contributed by atoms with E-state index >= 15 is 0 Å². The zero-order chi connectivity index (χ0) is 24.5. The smallest absolute Gasteiger partial charge is 0.343 e. The van der Waals surface area contributed by atoms with Crippen molar-refractivity contribution in [3.8, 4) is 17.2 Å². The summed E-state index contributed by atoms with van der Waals surface area (Å²) in [5.41, 5.74) is 3.07. The summed E-state index contributed by atoms with van der Waals surface area (Å²) in [4.78, 5) is 34.2. The maximum absolute atomic E-state index is 12.2. The summed E-state index contributed by atoms with van der Waals surface area (Å²) in [6, 6.07) is 16.6. The summed E-state index contributed by atoms with van der Waals surface area (Å²) in [6.45, 7) is -0.236. The lowest BCUT2D eigenvalue weighted by atomic mass is 10.2. The molecular formula is C23H18BrN3O7. The number of hydrogen-bond donors (Lipinski definition) is 1. The summed E-state index contributed by atoms with van der Waals surface area (Å²) >= 11 is 3.34. The average molecular weight is 528 g/mol. The number of nitrogens with one attached hydrogen (secondary N) is 1. The van der Waals surface area contributed by atoms with Crippen LogP contribution in [-0.2, 0) is 4.79 Å². The molecule has 0 saturated heterocycles. The second kappa shape index (κ2) is 11.6. The minimum absolute atomic E-state index is 0.118. The number of benzene rings is 3. The lowest BCUT2D eigenvalue weighted by Gasteiger charge is -2.08. The van der Waals surface area contributed by atoms with Gasteiger partial charge < -0.3 is 14.2 Å². The highest BCUT2D eigenvalue weighted by molar-refractivity contribution is 9.10. The molecule has 0 saturated carbocycles. The van der Waals surface area contributed by atoms with Gasteiger partial charge in [-0.2, -0.15) is 5.10 Å². The molecule has 10 nitrogen and oxygen atoms in total. The van der Waals surface area contributed by atoms with E-state index in [9.17, 15) is 19.7 Å². The number of ether oxygens (including phenoxy) is 3. The zero-order valence-electron chi connectivity index (χ0n) is 17.8. The zero-order valence-corrected chi connectivity index (χ0v) is 19.4. The number of non-ortho nitro benzene ring substituents is 1. The first-order valence-corrected chi connectivity index (χ1v) is 10.5. The maximum atomic E-state index is 12.2. The van der Waals surface area contributed by atoms with Crippen LogP contribution >= 0.6 is 15.9 Å². The Labute approximate surface area is 202 Å². The second-order valence-electron chi connectivity index (χ2n) is 6.64. The Morgan fingerprint density at radius 3 is 2.35 bits per heavy atom. The van der Waals surface area contributed by atoms with Crippen LogP contribution in [0.1, 0.15) is 15.9 Å². The summed E-state index contributed by atoms with van der Waals surface area (Å²) in [5, 5.41) is 14.5. The standard InChI is InChI=1S/C23H18BrN3O7/c1-32-19-10-11-21(20(24)12-19)33-14-22(28)26-25-13-15-2-8-18(9-3-15)34-23(29)16-4-6-17(7-5-16)27(30)31/h2-13H,14H2,1H3,(H,26,28)/b25-13+. The van der Waals surface area contributed by atoms with Crippen LogP contribution in [0, 0.1) is 10.1 Å². The highest BCUT2D eigenvalue weighted by Crippen LogP contribution is 2.29. The Bertz CT molecular complexity index is 1210. The number of rotatable bonds is 9. The molecule has 0 aliphatic rings. The number of methoxy groups -OCH3 is 1. The average Bonchev–Trinajstić information content (AvgIpc) is 2.84. The maximum Gasteiger partial charge on any atom is 0.343 e. The molecular weight excluding hydrogens is 510 g/mol. The van der Waals surface area contributed by atoms with Crippen LogP contribution in [0.4, 0.5) is 5.69 Å². The van der Waals surface area contributed by atoms with Gasteiger partial charge in [0.05, 0.1) is 28.3 Å². The monoisotopic (exact) mass is 527 g/mol. The van der Waals surface area contributed by atoms with Gasteiger partial charge in [-0.3, -0.25) is 14.9 Å². The van der Waals surface area contributed by atoms with Crippen LogP contribution in [0.3, 0.4) is 0 Å². The van der Waals surface area contributed by atoms with Crippen molar-refractivity contribution in [2.75, 3.05) is 13.7 Å². The van der Waals surface area contributed by atoms with Crippen molar-refractivity contribution in [2.24, 2.45) is 5.10 Å². The molecule has 174 valence electrons. The van der Waals surface area contributed by atoms with Gasteiger partial charge >= 0.3 is 5.97 Å². The number of carbonyl (C=O) groups is 2. The number of carbonyl (C=O) groups excluding carboxylic acids is 2. The van der Waals surface area contributed by atoms with Crippen LogP contribution in [0.15, 0.2) is 76.3 Å². The summed E-state index contributed by atoms with van der Waals surface area (Å²) < 4.78 is 16.4. The topological polar surface area (TPSA) is 129 Å². The molecule has 0 atom stereocenters. The fraction of sp³-hybridized carbons (Fsp3) is 0.0870. The minimum Gasteiger partial charge on any atom is -0.497 e. The van der Waals surface area contributed by atoms with Crippen LogP contribution in [0.5, 0.6) is 17.2 Å². The molecule has 0 aromatic heterocycles. The minimum atomic E-state index is -0.646. The number of nitro benzene ring substituents is 1. The molecule has 3 aromatic carbocycles. The number of amides is 1. The molecule has 0 heterocycles. The molecule has 3 aromatic rings. The number of halogens is 1. The Morgan fingerprint density at radius 1 is 1.06 bits per heavy atom. The van der Waals surface area contributed by atoms with Crippen LogP contribution in [-0.4, -0.2) is 36.7 Å². The van der Waals surface area contributed by atoms with Gasteiger partial charge in [0.1, 0.15) is 17.2 Å². The van der Waals surface area contributed by atoms with E-state index in [1.807, 2.05) is 0 Å². The van der Waals surface area contributed by atoms with E-state index in [2.05, 4.69) is 26.5 Å². The van der Waals surface area contributed by atoms with Crippen molar-refractivity contribution in [2.45, 2.75) is 0 Å². The molecule has 11 heteroatoms. The van der Waals surface area contributed by atoms with E-state index in [0.717, 1.165) is 0 Å². The number of hydrogen-bond acceptors (Lipinski definition) is 8. The summed E-state index contributed by atoms with van der Waals surface area (Å²) in [6.07, 6.45) is 1.42. The largest absolute Gasteiger partial charge is 0.497 e. The predicted molar refractivity (Wildman–Crippen MR) is 126 cm³/mol. The van der Waals surface area contributed by atoms with Gasteiger partial charge in [0.15, 0.2) is 6.61 Å². The first-order chi connectivity index (χ1) is 16.4. The van der Waals surface area contributed by atoms with Gasteiger partial charge in [-0.25, -0.2) is 10.2 Å². The van der Waals surface area contributed by atoms with E-state index in [1.165, 1.54) is 30.5 Å². The van der Waals surface area contributed by atoms with Crippen LogP contribution in [0.25, 0.3) is 0 Å². The Hall–Kier alpha value is -4.25. The number of esters is 1. The lowest BCUT2D eigenvalue weighted by Crippen LogP contribution is -2.24. The Kier molecular flexibility index (Phi) is 8.30. The van der Waals surface area contributed by atoms with Gasteiger partial charge in [-0.05, 0) is 76.1 Å². The Balaban J connectivity index is 1.47. The molecule has 34 heavy (non-hydrogen) atoms. The van der Waals surface area contributed by atoms with E-state index in [-0.39, 0.29) is 23.6 Å². The van der Waals surface area contributed by atoms with Crippen LogP contribution < -0.4 is 19.6 Å². The van der Waals surface area contributed by atoms with Crippen molar-refractivity contribution in [1.29, 1.82) is 0 Å². The molecule has 3 rings (SSSR count). The first-order valence-electron chi connectivity index (χ1n) is 9.70.